The molecule has 1 fully saturated rings. The Balaban J connectivity index is 1.70. The van der Waals surface area contributed by atoms with Gasteiger partial charge in [-0.2, -0.15) is 0 Å². The summed E-state index contributed by atoms with van der Waals surface area (Å²) in [6.07, 6.45) is 2.07. The molecule has 0 spiro atoms. The van der Waals surface area contributed by atoms with Crippen molar-refractivity contribution in [2.75, 3.05) is 20.2 Å². The van der Waals surface area contributed by atoms with Crippen LogP contribution in [0.15, 0.2) is 48.5 Å². The van der Waals surface area contributed by atoms with Gasteiger partial charge in [0, 0.05) is 30.3 Å². The molecule has 3 amide bonds. The first-order chi connectivity index (χ1) is 16.3. The van der Waals surface area contributed by atoms with E-state index in [1.165, 1.54) is 0 Å². The third-order valence-corrected chi connectivity index (χ3v) is 6.59. The summed E-state index contributed by atoms with van der Waals surface area (Å²) in [5.74, 6) is 0.188. The number of carbonyl (C=O) groups excluding carboxylic acids is 3. The van der Waals surface area contributed by atoms with Gasteiger partial charge in [-0.1, -0.05) is 25.1 Å². The second-order valence-electron chi connectivity index (χ2n) is 8.94. The molecule has 7 heteroatoms. The van der Waals surface area contributed by atoms with Gasteiger partial charge in [0.25, 0.3) is 11.8 Å². The SMILES string of the molecule is CCC(C)NC(=O)C(NC(=O)c1ccccc1C)C1CCN(C(=O)c2ccc(OC)cc2)CC1. The minimum absolute atomic E-state index is 0.0158. The number of methoxy groups -OCH3 is 1. The van der Waals surface area contributed by atoms with Crippen LogP contribution in [0.1, 0.15) is 59.4 Å². The molecule has 1 saturated heterocycles. The number of carbonyl (C=O) groups is 3. The molecule has 0 saturated carbocycles. The molecule has 2 N–H and O–H groups in total. The fourth-order valence-electron chi connectivity index (χ4n) is 4.23. The Labute approximate surface area is 201 Å². The van der Waals surface area contributed by atoms with Crippen molar-refractivity contribution >= 4 is 17.7 Å². The molecule has 2 aromatic rings. The lowest BCUT2D eigenvalue weighted by molar-refractivity contribution is -0.125. The molecule has 0 aliphatic carbocycles. The lowest BCUT2D eigenvalue weighted by atomic mass is 9.88. The number of nitrogens with one attached hydrogen (secondary N) is 2. The summed E-state index contributed by atoms with van der Waals surface area (Å²) in [5, 5.41) is 6.02. The summed E-state index contributed by atoms with van der Waals surface area (Å²) in [4.78, 5) is 40.9. The molecule has 182 valence electrons. The number of likely N-dealkylation sites (tertiary alicyclic amines) is 1. The van der Waals surface area contributed by atoms with E-state index in [9.17, 15) is 14.4 Å². The first kappa shape index (κ1) is 25.3. The first-order valence-corrected chi connectivity index (χ1v) is 11.9. The zero-order valence-electron chi connectivity index (χ0n) is 20.5. The minimum Gasteiger partial charge on any atom is -0.497 e. The Morgan fingerprint density at radius 2 is 1.68 bits per heavy atom. The van der Waals surface area contributed by atoms with Crippen LogP contribution in [0.5, 0.6) is 5.75 Å². The number of piperidine rings is 1. The highest BCUT2D eigenvalue weighted by Crippen LogP contribution is 2.24. The van der Waals surface area contributed by atoms with E-state index in [4.69, 9.17) is 4.74 Å². The van der Waals surface area contributed by atoms with Gasteiger partial charge in [0.15, 0.2) is 0 Å². The molecule has 7 nitrogen and oxygen atoms in total. The van der Waals surface area contributed by atoms with Crippen molar-refractivity contribution in [1.82, 2.24) is 15.5 Å². The second-order valence-corrected chi connectivity index (χ2v) is 8.94. The highest BCUT2D eigenvalue weighted by atomic mass is 16.5. The van der Waals surface area contributed by atoms with Gasteiger partial charge in [-0.3, -0.25) is 14.4 Å². The highest BCUT2D eigenvalue weighted by molar-refractivity contribution is 5.99. The monoisotopic (exact) mass is 465 g/mol. The van der Waals surface area contributed by atoms with Gasteiger partial charge in [0.1, 0.15) is 11.8 Å². The van der Waals surface area contributed by atoms with Crippen molar-refractivity contribution in [3.8, 4) is 5.75 Å². The molecule has 1 aliphatic heterocycles. The minimum atomic E-state index is -0.653. The van der Waals surface area contributed by atoms with Crippen molar-refractivity contribution in [2.24, 2.45) is 5.92 Å². The van der Waals surface area contributed by atoms with E-state index in [1.54, 1.807) is 37.4 Å². The number of aryl methyl sites for hydroxylation is 1. The van der Waals surface area contributed by atoms with Crippen LogP contribution in [-0.2, 0) is 4.79 Å². The van der Waals surface area contributed by atoms with Crippen LogP contribution < -0.4 is 15.4 Å². The maximum Gasteiger partial charge on any atom is 0.253 e. The lowest BCUT2D eigenvalue weighted by Crippen LogP contribution is -2.55. The topological polar surface area (TPSA) is 87.7 Å². The fraction of sp³-hybridized carbons (Fsp3) is 0.444. The number of benzene rings is 2. The molecule has 1 aliphatic rings. The Bertz CT molecular complexity index is 997. The molecule has 0 radical (unpaired) electrons. The van der Waals surface area contributed by atoms with Crippen molar-refractivity contribution < 1.29 is 19.1 Å². The molecule has 2 unspecified atom stereocenters. The zero-order chi connectivity index (χ0) is 24.7. The standard InChI is InChI=1S/C27H35N3O4/c1-5-19(3)28-26(32)24(29-25(31)23-9-7-6-8-18(23)2)20-14-16-30(17-15-20)27(33)21-10-12-22(34-4)13-11-21/h6-13,19-20,24H,5,14-17H2,1-4H3,(H,28,32)(H,29,31). The normalized spacial score (nSPS) is 15.8. The van der Waals surface area contributed by atoms with Crippen LogP contribution in [0.3, 0.4) is 0 Å². The number of hydrogen-bond donors (Lipinski definition) is 2. The van der Waals surface area contributed by atoms with Crippen molar-refractivity contribution in [1.29, 1.82) is 0 Å². The molecule has 34 heavy (non-hydrogen) atoms. The van der Waals surface area contributed by atoms with Crippen molar-refractivity contribution in [3.63, 3.8) is 0 Å². The third kappa shape index (κ3) is 6.16. The average molecular weight is 466 g/mol. The van der Waals surface area contributed by atoms with Crippen molar-refractivity contribution in [3.05, 3.63) is 65.2 Å². The summed E-state index contributed by atoms with van der Waals surface area (Å²) in [6.45, 7) is 6.90. The Kier molecular flexibility index (Phi) is 8.68. The maximum atomic E-state index is 13.1. The highest BCUT2D eigenvalue weighted by Gasteiger charge is 2.34. The summed E-state index contributed by atoms with van der Waals surface area (Å²) < 4.78 is 5.17. The van der Waals surface area contributed by atoms with Gasteiger partial charge >= 0.3 is 0 Å². The molecule has 1 heterocycles. The van der Waals surface area contributed by atoms with Gasteiger partial charge < -0.3 is 20.3 Å². The van der Waals surface area contributed by atoms with Gasteiger partial charge in [0.2, 0.25) is 5.91 Å². The number of amides is 3. The second kappa shape index (κ2) is 11.7. The largest absolute Gasteiger partial charge is 0.497 e. The van der Waals surface area contributed by atoms with Crippen molar-refractivity contribution in [2.45, 2.75) is 52.1 Å². The van der Waals surface area contributed by atoms with Crippen LogP contribution in [0.2, 0.25) is 0 Å². The van der Waals surface area contributed by atoms with E-state index in [1.807, 2.05) is 43.9 Å². The summed E-state index contributed by atoms with van der Waals surface area (Å²) >= 11 is 0. The van der Waals surface area contributed by atoms with Gasteiger partial charge in [-0.05, 0) is 74.9 Å². The van der Waals surface area contributed by atoms with E-state index < -0.39 is 6.04 Å². The van der Waals surface area contributed by atoms with Gasteiger partial charge in [-0.25, -0.2) is 0 Å². The molecule has 2 atom stereocenters. The average Bonchev–Trinajstić information content (AvgIpc) is 2.87. The van der Waals surface area contributed by atoms with Crippen LogP contribution in [0.4, 0.5) is 0 Å². The lowest BCUT2D eigenvalue weighted by Gasteiger charge is -2.36. The number of ether oxygens (including phenoxy) is 1. The molecule has 3 rings (SSSR count). The summed E-state index contributed by atoms with van der Waals surface area (Å²) in [7, 11) is 1.59. The zero-order valence-corrected chi connectivity index (χ0v) is 20.5. The van der Waals surface area contributed by atoms with E-state index in [0.717, 1.165) is 12.0 Å². The quantitative estimate of drug-likeness (QED) is 0.624. The van der Waals surface area contributed by atoms with Crippen LogP contribution in [-0.4, -0.2) is 54.9 Å². The van der Waals surface area contributed by atoms with E-state index in [0.29, 0.717) is 42.8 Å². The Hall–Kier alpha value is -3.35. The maximum absolute atomic E-state index is 13.1. The molecular weight excluding hydrogens is 430 g/mol. The van der Waals surface area contributed by atoms with E-state index in [-0.39, 0.29) is 29.7 Å². The number of nitrogens with zero attached hydrogens (tertiary/aromatic N) is 1. The fourth-order valence-corrected chi connectivity index (χ4v) is 4.23. The Morgan fingerprint density at radius 3 is 2.26 bits per heavy atom. The summed E-state index contributed by atoms with van der Waals surface area (Å²) in [5.41, 5.74) is 2.04. The number of hydrogen-bond acceptors (Lipinski definition) is 4. The van der Waals surface area contributed by atoms with Crippen LogP contribution in [0.25, 0.3) is 0 Å². The van der Waals surface area contributed by atoms with Gasteiger partial charge in [0.05, 0.1) is 7.11 Å². The molecule has 0 aromatic heterocycles. The predicted octanol–water partition coefficient (Wildman–Crippen LogP) is 3.57. The third-order valence-electron chi connectivity index (χ3n) is 6.59. The summed E-state index contributed by atoms with van der Waals surface area (Å²) in [6, 6.07) is 13.8. The first-order valence-electron chi connectivity index (χ1n) is 11.9. The van der Waals surface area contributed by atoms with E-state index >= 15 is 0 Å². The number of rotatable bonds is 8. The van der Waals surface area contributed by atoms with Gasteiger partial charge in [-0.15, -0.1) is 0 Å². The smallest absolute Gasteiger partial charge is 0.253 e. The molecule has 2 aromatic carbocycles. The van der Waals surface area contributed by atoms with Crippen LogP contribution in [0, 0.1) is 12.8 Å². The molecular formula is C27H35N3O4. The molecule has 0 bridgehead atoms. The Morgan fingerprint density at radius 1 is 1.03 bits per heavy atom. The predicted molar refractivity (Wildman–Crippen MR) is 132 cm³/mol. The van der Waals surface area contributed by atoms with Crippen LogP contribution >= 0.6 is 0 Å². The van der Waals surface area contributed by atoms with E-state index in [2.05, 4.69) is 10.6 Å².